The number of hydrogen-bond donors (Lipinski definition) is 2. The Labute approximate surface area is 162 Å². The number of hydrogen-bond acceptors (Lipinski definition) is 4. The minimum atomic E-state index is -2.84. The van der Waals surface area contributed by atoms with Crippen molar-refractivity contribution in [3.63, 3.8) is 0 Å². The molecule has 0 aliphatic carbocycles. The topological polar surface area (TPSA) is 58.9 Å². The molecule has 0 radical (unpaired) electrons. The fourth-order valence-corrected chi connectivity index (χ4v) is 8.59. The maximum absolute atomic E-state index is 10.6. The molecular weight excluding hydrogens is 356 g/mol. The Kier molecular flexibility index (Phi) is 5.70. The van der Waals surface area contributed by atoms with Crippen molar-refractivity contribution in [1.82, 2.24) is 0 Å². The molecule has 4 nitrogen and oxygen atoms in total. The second-order valence-corrected chi connectivity index (χ2v) is 12.2. The zero-order valence-electron chi connectivity index (χ0n) is 16.1. The first-order chi connectivity index (χ1) is 12.8. The quantitative estimate of drug-likeness (QED) is 0.613. The van der Waals surface area contributed by atoms with Gasteiger partial charge in [-0.15, -0.1) is 6.58 Å². The van der Waals surface area contributed by atoms with E-state index in [0.717, 1.165) is 10.4 Å². The van der Waals surface area contributed by atoms with Gasteiger partial charge < -0.3 is 19.4 Å². The second kappa shape index (κ2) is 7.70. The highest BCUT2D eigenvalue weighted by Crippen LogP contribution is 2.39. The van der Waals surface area contributed by atoms with Crippen molar-refractivity contribution in [2.45, 2.75) is 50.4 Å². The van der Waals surface area contributed by atoms with E-state index in [2.05, 4.69) is 51.6 Å². The lowest BCUT2D eigenvalue weighted by atomic mass is 10.1. The molecule has 1 aliphatic heterocycles. The van der Waals surface area contributed by atoms with Crippen LogP contribution >= 0.6 is 0 Å². The Morgan fingerprint density at radius 2 is 1.44 bits per heavy atom. The molecule has 1 fully saturated rings. The predicted octanol–water partition coefficient (Wildman–Crippen LogP) is 2.20. The van der Waals surface area contributed by atoms with E-state index in [1.165, 1.54) is 0 Å². The average molecular weight is 385 g/mol. The minimum absolute atomic E-state index is 0.227. The molecular formula is C22H28O4Si. The van der Waals surface area contributed by atoms with Gasteiger partial charge in [0.05, 0.1) is 0 Å². The van der Waals surface area contributed by atoms with Gasteiger partial charge in [-0.3, -0.25) is 0 Å². The highest BCUT2D eigenvalue weighted by molar-refractivity contribution is 6.99. The lowest BCUT2D eigenvalue weighted by Gasteiger charge is -2.45. The van der Waals surface area contributed by atoms with Gasteiger partial charge in [-0.25, -0.2) is 0 Å². The van der Waals surface area contributed by atoms with Crippen molar-refractivity contribution in [2.75, 3.05) is 0 Å². The molecule has 144 valence electrons. The fraction of sp³-hybridized carbons (Fsp3) is 0.364. The summed E-state index contributed by atoms with van der Waals surface area (Å²) in [5.74, 6) is 0. The van der Waals surface area contributed by atoms with Crippen LogP contribution in [0.1, 0.15) is 20.8 Å². The highest BCUT2D eigenvalue weighted by atomic mass is 28.4. The van der Waals surface area contributed by atoms with Gasteiger partial charge in [0.1, 0.15) is 18.3 Å². The molecule has 3 rings (SSSR count). The lowest BCUT2D eigenvalue weighted by molar-refractivity contribution is -0.120. The first-order valence-electron chi connectivity index (χ1n) is 9.24. The number of ether oxygens (including phenoxy) is 1. The van der Waals surface area contributed by atoms with Crippen LogP contribution in [0.2, 0.25) is 5.04 Å². The molecule has 2 aromatic carbocycles. The summed E-state index contributed by atoms with van der Waals surface area (Å²) in [7, 11) is -2.84. The minimum Gasteiger partial charge on any atom is -0.399 e. The van der Waals surface area contributed by atoms with Crippen LogP contribution in [0, 0.1) is 0 Å². The SMILES string of the molecule is C=C[C@H]1O[C@H](O)[C@H](O)[C@H]1O[Si](c1ccccc1)(c1ccccc1)C(C)(C)C. The van der Waals surface area contributed by atoms with Crippen molar-refractivity contribution in [3.8, 4) is 0 Å². The zero-order chi connectivity index (χ0) is 19.7. The summed E-state index contributed by atoms with van der Waals surface area (Å²) >= 11 is 0. The average Bonchev–Trinajstić information content (AvgIpc) is 2.93. The van der Waals surface area contributed by atoms with Gasteiger partial charge in [0, 0.05) is 0 Å². The second-order valence-electron chi connectivity index (χ2n) is 7.96. The Bertz CT molecular complexity index is 717. The van der Waals surface area contributed by atoms with E-state index in [1.807, 2.05) is 36.4 Å². The maximum atomic E-state index is 10.6. The summed E-state index contributed by atoms with van der Waals surface area (Å²) in [6, 6.07) is 20.4. The normalized spacial score (nSPS) is 26.1. The predicted molar refractivity (Wildman–Crippen MR) is 110 cm³/mol. The molecule has 1 aliphatic rings. The fourth-order valence-electron chi connectivity index (χ4n) is 3.90. The third kappa shape index (κ3) is 3.53. The van der Waals surface area contributed by atoms with E-state index in [4.69, 9.17) is 9.16 Å². The van der Waals surface area contributed by atoms with Crippen LogP contribution in [0.3, 0.4) is 0 Å². The maximum Gasteiger partial charge on any atom is 0.261 e. The number of aliphatic hydroxyl groups excluding tert-OH is 2. The van der Waals surface area contributed by atoms with E-state index in [-0.39, 0.29) is 5.04 Å². The monoisotopic (exact) mass is 384 g/mol. The van der Waals surface area contributed by atoms with E-state index in [0.29, 0.717) is 0 Å². The molecule has 0 amide bonds. The summed E-state index contributed by atoms with van der Waals surface area (Å²) in [5.41, 5.74) is 0. The van der Waals surface area contributed by atoms with E-state index >= 15 is 0 Å². The van der Waals surface area contributed by atoms with Crippen LogP contribution in [0.25, 0.3) is 0 Å². The third-order valence-electron chi connectivity index (χ3n) is 5.21. The molecule has 27 heavy (non-hydrogen) atoms. The van der Waals surface area contributed by atoms with E-state index in [9.17, 15) is 10.2 Å². The molecule has 0 unspecified atom stereocenters. The molecule has 5 heteroatoms. The molecule has 2 aromatic rings. The Morgan fingerprint density at radius 3 is 1.85 bits per heavy atom. The van der Waals surface area contributed by atoms with Crippen LogP contribution in [0.15, 0.2) is 73.3 Å². The van der Waals surface area contributed by atoms with Gasteiger partial charge in [-0.05, 0) is 15.4 Å². The van der Waals surface area contributed by atoms with Crippen molar-refractivity contribution in [3.05, 3.63) is 73.3 Å². The van der Waals surface area contributed by atoms with Crippen LogP contribution in [0.5, 0.6) is 0 Å². The van der Waals surface area contributed by atoms with Crippen LogP contribution in [-0.2, 0) is 9.16 Å². The Balaban J connectivity index is 2.20. The van der Waals surface area contributed by atoms with Crippen LogP contribution in [-0.4, -0.2) is 43.1 Å². The van der Waals surface area contributed by atoms with Crippen LogP contribution < -0.4 is 10.4 Å². The summed E-state index contributed by atoms with van der Waals surface area (Å²) < 4.78 is 12.3. The van der Waals surface area contributed by atoms with Gasteiger partial charge in [0.25, 0.3) is 8.32 Å². The summed E-state index contributed by atoms with van der Waals surface area (Å²) in [5, 5.41) is 22.6. The summed E-state index contributed by atoms with van der Waals surface area (Å²) in [6.07, 6.45) is -2.09. The lowest BCUT2D eigenvalue weighted by Crippen LogP contribution is -2.69. The van der Waals surface area contributed by atoms with Crippen molar-refractivity contribution < 1.29 is 19.4 Å². The third-order valence-corrected chi connectivity index (χ3v) is 10.2. The standard InChI is InChI=1S/C22H28O4Si/c1-5-18-20(19(23)21(24)25-18)26-27(22(2,3)4,16-12-8-6-9-13-16)17-14-10-7-11-15-17/h5-15,18-21,23-24H,1H2,2-4H3/t18-,19-,20+,21+/m1/s1. The van der Waals surface area contributed by atoms with Gasteiger partial charge in [-0.1, -0.05) is 87.5 Å². The molecule has 1 heterocycles. The molecule has 0 aromatic heterocycles. The largest absolute Gasteiger partial charge is 0.399 e. The van der Waals surface area contributed by atoms with Gasteiger partial charge in [0.2, 0.25) is 0 Å². The summed E-state index contributed by atoms with van der Waals surface area (Å²) in [4.78, 5) is 0. The Morgan fingerprint density at radius 1 is 0.963 bits per heavy atom. The van der Waals surface area contributed by atoms with Gasteiger partial charge >= 0.3 is 0 Å². The number of aliphatic hydroxyl groups is 2. The number of benzene rings is 2. The van der Waals surface area contributed by atoms with E-state index < -0.39 is 32.9 Å². The number of rotatable bonds is 5. The van der Waals surface area contributed by atoms with Crippen molar-refractivity contribution >= 4 is 18.7 Å². The van der Waals surface area contributed by atoms with Gasteiger partial charge in [0.15, 0.2) is 6.29 Å². The van der Waals surface area contributed by atoms with Crippen LogP contribution in [0.4, 0.5) is 0 Å². The molecule has 0 saturated carbocycles. The van der Waals surface area contributed by atoms with Crippen molar-refractivity contribution in [2.24, 2.45) is 0 Å². The van der Waals surface area contributed by atoms with E-state index in [1.54, 1.807) is 6.08 Å². The Hall–Kier alpha value is -1.76. The smallest absolute Gasteiger partial charge is 0.261 e. The molecule has 2 N–H and O–H groups in total. The summed E-state index contributed by atoms with van der Waals surface area (Å²) in [6.45, 7) is 10.3. The van der Waals surface area contributed by atoms with Gasteiger partial charge in [-0.2, -0.15) is 0 Å². The molecule has 0 spiro atoms. The molecule has 4 atom stereocenters. The molecule has 1 saturated heterocycles. The molecule has 0 bridgehead atoms. The van der Waals surface area contributed by atoms with Crippen molar-refractivity contribution in [1.29, 1.82) is 0 Å². The first kappa shape index (κ1) is 20.0. The first-order valence-corrected chi connectivity index (χ1v) is 11.1. The highest BCUT2D eigenvalue weighted by Gasteiger charge is 2.55. The zero-order valence-corrected chi connectivity index (χ0v) is 17.1.